The number of pyridine rings is 1. The summed E-state index contributed by atoms with van der Waals surface area (Å²) in [6.07, 6.45) is 1.30. The molecule has 0 saturated heterocycles. The van der Waals surface area contributed by atoms with Crippen LogP contribution in [0.4, 0.5) is 0 Å². The molecular weight excluding hydrogens is 248 g/mol. The first-order valence-corrected chi connectivity index (χ1v) is 7.25. The molecule has 0 amide bonds. The maximum absolute atomic E-state index is 5.79. The molecule has 20 heavy (non-hydrogen) atoms. The minimum Gasteiger partial charge on any atom is -0.372 e. The zero-order valence-corrected chi connectivity index (χ0v) is 13.1. The first-order valence-electron chi connectivity index (χ1n) is 7.25. The van der Waals surface area contributed by atoms with Crippen molar-refractivity contribution in [2.24, 2.45) is 0 Å². The molecule has 0 radical (unpaired) electrons. The molecule has 2 rings (SSSR count). The Bertz CT molecular complexity index is 567. The van der Waals surface area contributed by atoms with E-state index in [4.69, 9.17) is 9.72 Å². The van der Waals surface area contributed by atoms with Crippen molar-refractivity contribution in [3.8, 4) is 5.82 Å². The van der Waals surface area contributed by atoms with E-state index in [9.17, 15) is 0 Å². The van der Waals surface area contributed by atoms with E-state index in [0.29, 0.717) is 6.61 Å². The fourth-order valence-corrected chi connectivity index (χ4v) is 2.28. The van der Waals surface area contributed by atoms with Crippen molar-refractivity contribution in [2.45, 2.75) is 53.8 Å². The Hall–Kier alpha value is -1.61. The number of hydrogen-bond donors (Lipinski definition) is 0. The molecule has 0 spiro atoms. The van der Waals surface area contributed by atoms with Gasteiger partial charge in [0.15, 0.2) is 0 Å². The first kappa shape index (κ1) is 14.8. The minimum atomic E-state index is 0.274. The van der Waals surface area contributed by atoms with Crippen LogP contribution in [-0.2, 0) is 11.3 Å². The molecule has 0 N–H and O–H groups in total. The quantitative estimate of drug-likeness (QED) is 0.819. The summed E-state index contributed by atoms with van der Waals surface area (Å²) in [5.74, 6) is 0.979. The van der Waals surface area contributed by atoms with E-state index >= 15 is 0 Å². The van der Waals surface area contributed by atoms with Gasteiger partial charge in [-0.1, -0.05) is 6.92 Å². The fraction of sp³-hybridized carbons (Fsp3) is 0.471. The Balaban J connectivity index is 2.29. The molecule has 0 aromatic carbocycles. The highest BCUT2D eigenvalue weighted by atomic mass is 16.5. The van der Waals surface area contributed by atoms with Crippen LogP contribution in [0.5, 0.6) is 0 Å². The summed E-state index contributed by atoms with van der Waals surface area (Å²) >= 11 is 0. The van der Waals surface area contributed by atoms with Crippen LogP contribution in [0.2, 0.25) is 0 Å². The lowest BCUT2D eigenvalue weighted by molar-refractivity contribution is 0.0488. The summed E-state index contributed by atoms with van der Waals surface area (Å²) in [5.41, 5.74) is 4.61. The molecule has 2 aromatic heterocycles. The molecule has 1 unspecified atom stereocenters. The fourth-order valence-electron chi connectivity index (χ4n) is 2.28. The van der Waals surface area contributed by atoms with Gasteiger partial charge in [-0.3, -0.25) is 0 Å². The van der Waals surface area contributed by atoms with Crippen molar-refractivity contribution in [3.63, 3.8) is 0 Å². The molecule has 0 aliphatic rings. The van der Waals surface area contributed by atoms with Gasteiger partial charge in [-0.05, 0) is 63.9 Å². The second kappa shape index (κ2) is 6.23. The van der Waals surface area contributed by atoms with E-state index in [0.717, 1.165) is 17.9 Å². The second-order valence-corrected chi connectivity index (χ2v) is 5.48. The van der Waals surface area contributed by atoms with Gasteiger partial charge in [0.05, 0.1) is 18.4 Å². The lowest BCUT2D eigenvalue weighted by Crippen LogP contribution is -2.09. The molecule has 2 aromatic rings. The van der Waals surface area contributed by atoms with Gasteiger partial charge in [0.25, 0.3) is 0 Å². The summed E-state index contributed by atoms with van der Waals surface area (Å²) in [7, 11) is 0. The van der Waals surface area contributed by atoms with Gasteiger partial charge in [0.2, 0.25) is 0 Å². The van der Waals surface area contributed by atoms with Crippen molar-refractivity contribution in [2.75, 3.05) is 0 Å². The van der Waals surface area contributed by atoms with Crippen LogP contribution in [0.1, 0.15) is 42.9 Å². The Morgan fingerprint density at radius 1 is 1.15 bits per heavy atom. The van der Waals surface area contributed by atoms with Gasteiger partial charge < -0.3 is 9.30 Å². The first-order chi connectivity index (χ1) is 9.51. The van der Waals surface area contributed by atoms with Crippen molar-refractivity contribution in [1.29, 1.82) is 0 Å². The van der Waals surface area contributed by atoms with Gasteiger partial charge in [-0.2, -0.15) is 0 Å². The normalized spacial score (nSPS) is 12.7. The zero-order chi connectivity index (χ0) is 14.7. The average Bonchev–Trinajstić information content (AvgIpc) is 2.74. The summed E-state index contributed by atoms with van der Waals surface area (Å²) in [5, 5.41) is 0. The zero-order valence-electron chi connectivity index (χ0n) is 13.1. The van der Waals surface area contributed by atoms with Crippen molar-refractivity contribution >= 4 is 0 Å². The molecule has 2 heterocycles. The topological polar surface area (TPSA) is 27.1 Å². The van der Waals surface area contributed by atoms with E-state index in [1.165, 1.54) is 17.0 Å². The highest BCUT2D eigenvalue weighted by Crippen LogP contribution is 2.17. The predicted octanol–water partition coefficient (Wildman–Crippen LogP) is 4.11. The third-order valence-electron chi connectivity index (χ3n) is 3.60. The standard InChI is InChI=1S/C17H24N2O/c1-6-15(5)20-11-16-9-12(2)10-17(18-16)19-13(3)7-8-14(19)4/h7-10,15H,6,11H2,1-5H3. The molecule has 0 saturated carbocycles. The monoisotopic (exact) mass is 272 g/mol. The maximum atomic E-state index is 5.79. The van der Waals surface area contributed by atoms with Gasteiger partial charge in [-0.25, -0.2) is 4.98 Å². The minimum absolute atomic E-state index is 0.274. The molecular formula is C17H24N2O. The van der Waals surface area contributed by atoms with Gasteiger partial charge in [0, 0.05) is 11.4 Å². The smallest absolute Gasteiger partial charge is 0.137 e. The van der Waals surface area contributed by atoms with Crippen LogP contribution in [0, 0.1) is 20.8 Å². The molecule has 1 atom stereocenters. The van der Waals surface area contributed by atoms with Crippen LogP contribution < -0.4 is 0 Å². The number of aryl methyl sites for hydroxylation is 3. The Labute approximate surface area is 121 Å². The number of ether oxygens (including phenoxy) is 1. The van der Waals surface area contributed by atoms with Crippen LogP contribution in [0.25, 0.3) is 5.82 Å². The predicted molar refractivity (Wildman–Crippen MR) is 82.3 cm³/mol. The number of rotatable bonds is 5. The van der Waals surface area contributed by atoms with Gasteiger partial charge >= 0.3 is 0 Å². The van der Waals surface area contributed by atoms with E-state index in [2.05, 4.69) is 63.5 Å². The van der Waals surface area contributed by atoms with Crippen LogP contribution in [-0.4, -0.2) is 15.7 Å². The molecule has 0 aliphatic heterocycles. The summed E-state index contributed by atoms with van der Waals surface area (Å²) in [6, 6.07) is 8.45. The van der Waals surface area contributed by atoms with E-state index < -0.39 is 0 Å². The van der Waals surface area contributed by atoms with Crippen molar-refractivity contribution < 1.29 is 4.74 Å². The van der Waals surface area contributed by atoms with E-state index in [1.807, 2.05) is 0 Å². The largest absolute Gasteiger partial charge is 0.372 e. The van der Waals surface area contributed by atoms with Crippen LogP contribution in [0.15, 0.2) is 24.3 Å². The number of hydrogen-bond acceptors (Lipinski definition) is 2. The van der Waals surface area contributed by atoms with Crippen LogP contribution >= 0.6 is 0 Å². The molecule has 3 heteroatoms. The van der Waals surface area contributed by atoms with Crippen molar-refractivity contribution in [1.82, 2.24) is 9.55 Å². The Morgan fingerprint density at radius 2 is 1.80 bits per heavy atom. The molecule has 3 nitrogen and oxygen atoms in total. The highest BCUT2D eigenvalue weighted by Gasteiger charge is 2.08. The third kappa shape index (κ3) is 3.28. The average molecular weight is 272 g/mol. The summed E-state index contributed by atoms with van der Waals surface area (Å²) in [4.78, 5) is 4.74. The van der Waals surface area contributed by atoms with E-state index in [1.54, 1.807) is 0 Å². The Kier molecular flexibility index (Phi) is 4.61. The second-order valence-electron chi connectivity index (χ2n) is 5.48. The SMILES string of the molecule is CCC(C)OCc1cc(C)cc(-n2c(C)ccc2C)n1. The van der Waals surface area contributed by atoms with Crippen LogP contribution in [0.3, 0.4) is 0 Å². The summed E-state index contributed by atoms with van der Waals surface area (Å²) in [6.45, 7) is 11.1. The van der Waals surface area contributed by atoms with Gasteiger partial charge in [-0.15, -0.1) is 0 Å². The molecule has 0 fully saturated rings. The van der Waals surface area contributed by atoms with E-state index in [-0.39, 0.29) is 6.10 Å². The lowest BCUT2D eigenvalue weighted by Gasteiger charge is -2.14. The summed E-state index contributed by atoms with van der Waals surface area (Å²) < 4.78 is 7.97. The molecule has 0 bridgehead atoms. The molecule has 0 aliphatic carbocycles. The highest BCUT2D eigenvalue weighted by molar-refractivity contribution is 5.35. The van der Waals surface area contributed by atoms with Crippen molar-refractivity contribution in [3.05, 3.63) is 46.9 Å². The number of aromatic nitrogens is 2. The third-order valence-corrected chi connectivity index (χ3v) is 3.60. The number of nitrogens with zero attached hydrogens (tertiary/aromatic N) is 2. The lowest BCUT2D eigenvalue weighted by atomic mass is 10.2. The molecule has 108 valence electrons. The maximum Gasteiger partial charge on any atom is 0.137 e. The Morgan fingerprint density at radius 3 is 2.40 bits per heavy atom. The van der Waals surface area contributed by atoms with Gasteiger partial charge in [0.1, 0.15) is 5.82 Å².